The molecule has 3 heterocycles. The lowest BCUT2D eigenvalue weighted by atomic mass is 10.1. The number of H-pyrrole nitrogens is 1. The van der Waals surface area contributed by atoms with Crippen molar-refractivity contribution in [1.82, 2.24) is 24.6 Å². The first kappa shape index (κ1) is 21.5. The Hall–Kier alpha value is -2.78. The van der Waals surface area contributed by atoms with Crippen LogP contribution in [0.1, 0.15) is 26.5 Å². The van der Waals surface area contributed by atoms with Crippen LogP contribution in [0.25, 0.3) is 22.3 Å². The number of aromatic nitrogens is 3. The molecule has 4 rings (SSSR count). The van der Waals surface area contributed by atoms with Gasteiger partial charge in [0, 0.05) is 45.3 Å². The Morgan fingerprint density at radius 3 is 2.55 bits per heavy atom. The lowest BCUT2D eigenvalue weighted by Gasteiger charge is -2.41. The molecule has 1 saturated heterocycles. The van der Waals surface area contributed by atoms with Gasteiger partial charge in [-0.2, -0.15) is 5.10 Å². The minimum Gasteiger partial charge on any atom is -0.503 e. The topological polar surface area (TPSA) is 77.4 Å². The predicted molar refractivity (Wildman–Crippen MR) is 115 cm³/mol. The van der Waals surface area contributed by atoms with E-state index in [-0.39, 0.29) is 11.1 Å². The molecule has 0 unspecified atom stereocenters. The highest BCUT2D eigenvalue weighted by atomic mass is 19.1. The molecule has 2 N–H and O–H groups in total. The highest BCUT2D eigenvalue weighted by Crippen LogP contribution is 2.31. The Labute approximate surface area is 178 Å². The Kier molecular flexibility index (Phi) is 5.57. The van der Waals surface area contributed by atoms with E-state index in [2.05, 4.69) is 40.7 Å². The minimum atomic E-state index is -0.871. The van der Waals surface area contributed by atoms with Crippen molar-refractivity contribution in [2.45, 2.75) is 39.4 Å². The monoisotopic (exact) mass is 431 g/mol. The standard InChI is InChI=1S/C22H27F2N5O2/c1-12(2)29-9-8-28(10-13(29)3)11-16-18-20(30)21(31)19(25-22(18)27(4)26-16)17-14(23)6-5-7-15(17)24/h5-7,12-13,31H,8-11H2,1-4H3,(H,25,30)/t13-/m0/s1. The van der Waals surface area contributed by atoms with Crippen LogP contribution in [0, 0.1) is 11.6 Å². The van der Waals surface area contributed by atoms with E-state index in [9.17, 15) is 18.7 Å². The summed E-state index contributed by atoms with van der Waals surface area (Å²) in [4.78, 5) is 20.5. The summed E-state index contributed by atoms with van der Waals surface area (Å²) in [6.07, 6.45) is 0. The van der Waals surface area contributed by atoms with Crippen molar-refractivity contribution in [3.8, 4) is 17.0 Å². The van der Waals surface area contributed by atoms with Gasteiger partial charge < -0.3 is 10.1 Å². The summed E-state index contributed by atoms with van der Waals surface area (Å²) in [6, 6.07) is 4.21. The van der Waals surface area contributed by atoms with Gasteiger partial charge in [-0.25, -0.2) is 8.78 Å². The van der Waals surface area contributed by atoms with E-state index in [1.54, 1.807) is 7.05 Å². The molecule has 7 nitrogen and oxygen atoms in total. The van der Waals surface area contributed by atoms with Crippen LogP contribution in [-0.2, 0) is 13.6 Å². The maximum Gasteiger partial charge on any atom is 0.235 e. The number of nitrogens with one attached hydrogen (secondary N) is 1. The number of fused-ring (bicyclic) bond motifs is 1. The lowest BCUT2D eigenvalue weighted by Crippen LogP contribution is -2.53. The smallest absolute Gasteiger partial charge is 0.235 e. The zero-order valence-electron chi connectivity index (χ0n) is 18.1. The molecule has 1 fully saturated rings. The molecule has 31 heavy (non-hydrogen) atoms. The number of piperazine rings is 1. The van der Waals surface area contributed by atoms with Crippen LogP contribution in [-0.4, -0.2) is 61.4 Å². The highest BCUT2D eigenvalue weighted by molar-refractivity contribution is 5.84. The number of rotatable bonds is 4. The summed E-state index contributed by atoms with van der Waals surface area (Å²) in [5, 5.41) is 15.3. The normalized spacial score (nSPS) is 18.4. The van der Waals surface area contributed by atoms with Crippen molar-refractivity contribution in [2.75, 3.05) is 19.6 Å². The fourth-order valence-electron chi connectivity index (χ4n) is 4.57. The second-order valence-corrected chi connectivity index (χ2v) is 8.48. The van der Waals surface area contributed by atoms with Crippen molar-refractivity contribution in [3.05, 3.63) is 45.8 Å². The maximum absolute atomic E-state index is 14.3. The van der Waals surface area contributed by atoms with Gasteiger partial charge in [0.15, 0.2) is 5.75 Å². The minimum absolute atomic E-state index is 0.236. The van der Waals surface area contributed by atoms with E-state index < -0.39 is 28.4 Å². The van der Waals surface area contributed by atoms with E-state index in [1.165, 1.54) is 10.7 Å². The summed E-state index contributed by atoms with van der Waals surface area (Å²) in [6.45, 7) is 9.57. The summed E-state index contributed by atoms with van der Waals surface area (Å²) in [5.41, 5.74) is -0.616. The Morgan fingerprint density at radius 2 is 1.94 bits per heavy atom. The molecule has 1 aliphatic rings. The maximum atomic E-state index is 14.3. The number of aromatic amines is 1. The van der Waals surface area contributed by atoms with E-state index in [0.29, 0.717) is 30.0 Å². The first-order valence-corrected chi connectivity index (χ1v) is 10.4. The van der Waals surface area contributed by atoms with Gasteiger partial charge in [0.05, 0.1) is 22.3 Å². The Balaban J connectivity index is 1.74. The molecule has 166 valence electrons. The third-order valence-electron chi connectivity index (χ3n) is 6.05. The number of aromatic hydroxyl groups is 1. The average molecular weight is 431 g/mol. The summed E-state index contributed by atoms with van der Waals surface area (Å²) in [5.74, 6) is -2.46. The number of halogens is 2. The van der Waals surface area contributed by atoms with Gasteiger partial charge in [-0.05, 0) is 32.9 Å². The van der Waals surface area contributed by atoms with Gasteiger partial charge in [-0.3, -0.25) is 19.3 Å². The molecular weight excluding hydrogens is 404 g/mol. The molecule has 0 bridgehead atoms. The molecule has 0 spiro atoms. The number of benzene rings is 1. The molecule has 3 aromatic rings. The van der Waals surface area contributed by atoms with Gasteiger partial charge in [-0.15, -0.1) is 0 Å². The molecule has 1 atom stereocenters. The predicted octanol–water partition coefficient (Wildman–Crippen LogP) is 2.83. The third kappa shape index (κ3) is 3.72. The van der Waals surface area contributed by atoms with Gasteiger partial charge in [0.2, 0.25) is 5.43 Å². The summed E-state index contributed by atoms with van der Waals surface area (Å²) < 4.78 is 30.0. The number of hydrogen-bond donors (Lipinski definition) is 2. The third-order valence-corrected chi connectivity index (χ3v) is 6.05. The quantitative estimate of drug-likeness (QED) is 0.664. The summed E-state index contributed by atoms with van der Waals surface area (Å²) >= 11 is 0. The van der Waals surface area contributed by atoms with E-state index in [0.717, 1.165) is 31.8 Å². The van der Waals surface area contributed by atoms with Crippen LogP contribution in [0.5, 0.6) is 5.75 Å². The highest BCUT2D eigenvalue weighted by Gasteiger charge is 2.28. The number of pyridine rings is 1. The van der Waals surface area contributed by atoms with E-state index in [1.807, 2.05) is 0 Å². The van der Waals surface area contributed by atoms with Gasteiger partial charge in [0.1, 0.15) is 17.3 Å². The van der Waals surface area contributed by atoms with Crippen molar-refractivity contribution < 1.29 is 13.9 Å². The van der Waals surface area contributed by atoms with Crippen LogP contribution < -0.4 is 5.43 Å². The zero-order valence-corrected chi connectivity index (χ0v) is 18.1. The number of hydrogen-bond acceptors (Lipinski definition) is 5. The fourth-order valence-corrected chi connectivity index (χ4v) is 4.57. The van der Waals surface area contributed by atoms with E-state index >= 15 is 0 Å². The SMILES string of the molecule is CC(C)N1CCN(Cc2nn(C)c3[nH]c(-c4c(F)cccc4F)c(O)c(=O)c23)C[C@@H]1C. The van der Waals surface area contributed by atoms with Crippen LogP contribution in [0.2, 0.25) is 0 Å². The van der Waals surface area contributed by atoms with Crippen LogP contribution >= 0.6 is 0 Å². The van der Waals surface area contributed by atoms with E-state index in [4.69, 9.17) is 0 Å². The fraction of sp³-hybridized carbons (Fsp3) is 0.455. The molecule has 1 aliphatic heterocycles. The Morgan fingerprint density at radius 1 is 1.26 bits per heavy atom. The van der Waals surface area contributed by atoms with Crippen LogP contribution in [0.4, 0.5) is 8.78 Å². The molecule has 0 saturated carbocycles. The molecule has 2 aromatic heterocycles. The molecule has 9 heteroatoms. The van der Waals surface area contributed by atoms with Gasteiger partial charge in [0.25, 0.3) is 0 Å². The van der Waals surface area contributed by atoms with Crippen molar-refractivity contribution >= 4 is 11.0 Å². The largest absolute Gasteiger partial charge is 0.503 e. The molecular formula is C22H27F2N5O2. The van der Waals surface area contributed by atoms with Crippen LogP contribution in [0.3, 0.4) is 0 Å². The molecule has 0 aliphatic carbocycles. The average Bonchev–Trinajstić information content (AvgIpc) is 3.00. The number of nitrogens with zero attached hydrogens (tertiary/aromatic N) is 4. The summed E-state index contributed by atoms with van der Waals surface area (Å²) in [7, 11) is 1.65. The lowest BCUT2D eigenvalue weighted by molar-refractivity contribution is 0.0559. The molecule has 0 radical (unpaired) electrons. The Bertz CT molecular complexity index is 1170. The van der Waals surface area contributed by atoms with Gasteiger partial charge in [-0.1, -0.05) is 6.07 Å². The van der Waals surface area contributed by atoms with Crippen molar-refractivity contribution in [1.29, 1.82) is 0 Å². The number of aryl methyl sites for hydroxylation is 1. The zero-order chi connectivity index (χ0) is 22.4. The first-order chi connectivity index (χ1) is 14.7. The van der Waals surface area contributed by atoms with Crippen LogP contribution in [0.15, 0.2) is 23.0 Å². The second kappa shape index (κ2) is 8.05. The molecule has 0 amide bonds. The first-order valence-electron chi connectivity index (χ1n) is 10.4. The van der Waals surface area contributed by atoms with Crippen molar-refractivity contribution in [3.63, 3.8) is 0 Å². The molecule has 1 aromatic carbocycles. The second-order valence-electron chi connectivity index (χ2n) is 8.48. The van der Waals surface area contributed by atoms with Gasteiger partial charge >= 0.3 is 0 Å². The van der Waals surface area contributed by atoms with Crippen molar-refractivity contribution in [2.24, 2.45) is 7.05 Å².